The molecule has 7 heteroatoms. The van der Waals surface area contributed by atoms with Crippen LogP contribution < -0.4 is 15.5 Å². The minimum atomic E-state index is 0.0868. The number of nitrogens with zero attached hydrogens (tertiary/aromatic N) is 5. The minimum Gasteiger partial charge on any atom is -0.362 e. The predicted octanol–water partition coefficient (Wildman–Crippen LogP) is 4.49. The Balaban J connectivity index is 1.28. The van der Waals surface area contributed by atoms with Crippen LogP contribution in [0.1, 0.15) is 57.8 Å². The lowest BCUT2D eigenvalue weighted by Gasteiger charge is -2.29. The van der Waals surface area contributed by atoms with Gasteiger partial charge in [0.05, 0.1) is 16.9 Å². The van der Waals surface area contributed by atoms with E-state index in [9.17, 15) is 0 Å². The highest BCUT2D eigenvalue weighted by molar-refractivity contribution is 5.90. The Morgan fingerprint density at radius 2 is 1.79 bits per heavy atom. The van der Waals surface area contributed by atoms with Gasteiger partial charge in [-0.1, -0.05) is 32.9 Å². The van der Waals surface area contributed by atoms with Crippen molar-refractivity contribution in [2.75, 3.05) is 30.9 Å². The van der Waals surface area contributed by atoms with E-state index in [1.165, 1.54) is 18.5 Å². The molecule has 0 spiro atoms. The SMILES string of the molecule is CN(C)c1nc(N[C@H]2CC[C@@H](CNCc3cc(C(C)(C)C)nn3C)CC2)nc2ccccc12. The van der Waals surface area contributed by atoms with E-state index in [-0.39, 0.29) is 5.41 Å². The lowest BCUT2D eigenvalue weighted by molar-refractivity contribution is 0.323. The van der Waals surface area contributed by atoms with Gasteiger partial charge in [-0.3, -0.25) is 4.68 Å². The molecule has 1 saturated carbocycles. The highest BCUT2D eigenvalue weighted by Crippen LogP contribution is 2.28. The third-order valence-electron chi connectivity index (χ3n) is 6.67. The zero-order valence-electron chi connectivity index (χ0n) is 21.0. The van der Waals surface area contributed by atoms with Gasteiger partial charge in [0.15, 0.2) is 0 Å². The van der Waals surface area contributed by atoms with E-state index in [2.05, 4.69) is 59.6 Å². The maximum atomic E-state index is 4.81. The summed E-state index contributed by atoms with van der Waals surface area (Å²) in [5, 5.41) is 13.1. The van der Waals surface area contributed by atoms with Crippen LogP contribution in [0.4, 0.5) is 11.8 Å². The van der Waals surface area contributed by atoms with Crippen molar-refractivity contribution in [2.24, 2.45) is 13.0 Å². The molecule has 0 aliphatic heterocycles. The molecule has 0 bridgehead atoms. The normalized spacial score (nSPS) is 19.1. The fourth-order valence-electron chi connectivity index (χ4n) is 4.60. The predicted molar refractivity (Wildman–Crippen MR) is 137 cm³/mol. The maximum Gasteiger partial charge on any atom is 0.225 e. The molecule has 33 heavy (non-hydrogen) atoms. The fourth-order valence-corrected chi connectivity index (χ4v) is 4.60. The number of para-hydroxylation sites is 1. The molecule has 1 aliphatic carbocycles. The standard InChI is InChI=1S/C26H39N7/c1-26(2,3)23-15-20(33(6)31-23)17-27-16-18-11-13-19(14-12-18)28-25-29-22-10-8-7-9-21(22)24(30-25)32(4)5/h7-10,15,18-19,27H,11-14,16-17H2,1-6H3,(H,28,29,30)/t18-,19+. The summed E-state index contributed by atoms with van der Waals surface area (Å²) in [7, 11) is 6.11. The molecule has 0 saturated heterocycles. The Hall–Kier alpha value is -2.67. The molecule has 0 unspecified atom stereocenters. The second-order valence-electron chi connectivity index (χ2n) is 10.7. The first-order chi connectivity index (χ1) is 15.7. The number of aromatic nitrogens is 4. The van der Waals surface area contributed by atoms with Crippen molar-refractivity contribution in [3.63, 3.8) is 0 Å². The first-order valence-electron chi connectivity index (χ1n) is 12.2. The van der Waals surface area contributed by atoms with Crippen LogP contribution in [0.5, 0.6) is 0 Å². The van der Waals surface area contributed by atoms with Crippen LogP contribution in [-0.4, -0.2) is 46.4 Å². The molecule has 3 aromatic rings. The Bertz CT molecular complexity index is 1070. The van der Waals surface area contributed by atoms with Crippen LogP contribution in [0.15, 0.2) is 30.3 Å². The van der Waals surface area contributed by atoms with Gasteiger partial charge in [-0.05, 0) is 56.3 Å². The van der Waals surface area contributed by atoms with Crippen molar-refractivity contribution in [1.29, 1.82) is 0 Å². The molecule has 0 amide bonds. The van der Waals surface area contributed by atoms with Crippen LogP contribution >= 0.6 is 0 Å². The van der Waals surface area contributed by atoms with Crippen molar-refractivity contribution >= 4 is 22.7 Å². The number of anilines is 2. The van der Waals surface area contributed by atoms with E-state index in [4.69, 9.17) is 9.97 Å². The number of benzene rings is 1. The third kappa shape index (κ3) is 5.64. The van der Waals surface area contributed by atoms with Crippen molar-refractivity contribution in [1.82, 2.24) is 25.1 Å². The molecule has 2 aromatic heterocycles. The zero-order chi connectivity index (χ0) is 23.6. The first kappa shape index (κ1) is 23.5. The van der Waals surface area contributed by atoms with E-state index < -0.39 is 0 Å². The molecule has 7 nitrogen and oxygen atoms in total. The van der Waals surface area contributed by atoms with Crippen molar-refractivity contribution in [3.8, 4) is 0 Å². The monoisotopic (exact) mass is 449 g/mol. The fraction of sp³-hybridized carbons (Fsp3) is 0.577. The summed E-state index contributed by atoms with van der Waals surface area (Å²) in [6.45, 7) is 8.56. The lowest BCUT2D eigenvalue weighted by Crippen LogP contribution is -2.32. The van der Waals surface area contributed by atoms with Gasteiger partial charge in [-0.25, -0.2) is 4.98 Å². The van der Waals surface area contributed by atoms with Crippen LogP contribution in [-0.2, 0) is 19.0 Å². The number of aryl methyl sites for hydroxylation is 1. The van der Waals surface area contributed by atoms with Crippen molar-refractivity contribution in [3.05, 3.63) is 41.7 Å². The van der Waals surface area contributed by atoms with Crippen LogP contribution in [0.25, 0.3) is 10.9 Å². The summed E-state index contributed by atoms with van der Waals surface area (Å²) in [4.78, 5) is 11.6. The maximum absolute atomic E-state index is 4.81. The van der Waals surface area contributed by atoms with Crippen LogP contribution in [0.3, 0.4) is 0 Å². The Kier molecular flexibility index (Phi) is 6.88. The summed E-state index contributed by atoms with van der Waals surface area (Å²) in [5.74, 6) is 2.42. The van der Waals surface area contributed by atoms with Gasteiger partial charge in [0.25, 0.3) is 0 Å². The highest BCUT2D eigenvalue weighted by Gasteiger charge is 2.23. The number of rotatable bonds is 7. The molecule has 0 radical (unpaired) electrons. The molecule has 0 atom stereocenters. The van der Waals surface area contributed by atoms with E-state index in [0.717, 1.165) is 54.3 Å². The van der Waals surface area contributed by atoms with E-state index in [1.54, 1.807) is 0 Å². The quantitative estimate of drug-likeness (QED) is 0.554. The summed E-state index contributed by atoms with van der Waals surface area (Å²) in [5.41, 5.74) is 3.48. The number of nitrogens with one attached hydrogen (secondary N) is 2. The van der Waals surface area contributed by atoms with Gasteiger partial charge < -0.3 is 15.5 Å². The Labute approximate surface area is 198 Å². The summed E-state index contributed by atoms with van der Waals surface area (Å²) in [6, 6.07) is 10.9. The lowest BCUT2D eigenvalue weighted by atomic mass is 9.86. The van der Waals surface area contributed by atoms with Crippen molar-refractivity contribution in [2.45, 2.75) is 64.5 Å². The number of hydrogen-bond donors (Lipinski definition) is 2. The zero-order valence-corrected chi connectivity index (χ0v) is 21.0. The topological polar surface area (TPSA) is 70.9 Å². The molecule has 1 fully saturated rings. The van der Waals surface area contributed by atoms with Gasteiger partial charge in [-0.2, -0.15) is 10.1 Å². The first-order valence-corrected chi connectivity index (χ1v) is 12.2. The van der Waals surface area contributed by atoms with Crippen molar-refractivity contribution < 1.29 is 0 Å². The van der Waals surface area contributed by atoms with Gasteiger partial charge in [0.1, 0.15) is 5.82 Å². The summed E-state index contributed by atoms with van der Waals surface area (Å²) < 4.78 is 2.01. The summed E-state index contributed by atoms with van der Waals surface area (Å²) >= 11 is 0. The smallest absolute Gasteiger partial charge is 0.225 e. The van der Waals surface area contributed by atoms with Gasteiger partial charge in [0.2, 0.25) is 5.95 Å². The van der Waals surface area contributed by atoms with Gasteiger partial charge in [-0.15, -0.1) is 0 Å². The Morgan fingerprint density at radius 3 is 2.45 bits per heavy atom. The third-order valence-corrected chi connectivity index (χ3v) is 6.67. The second kappa shape index (κ2) is 9.67. The Morgan fingerprint density at radius 1 is 1.06 bits per heavy atom. The molecule has 1 aromatic carbocycles. The molecule has 2 heterocycles. The van der Waals surface area contributed by atoms with Crippen LogP contribution in [0, 0.1) is 5.92 Å². The average Bonchev–Trinajstić information content (AvgIpc) is 3.15. The summed E-state index contributed by atoms with van der Waals surface area (Å²) in [6.07, 6.45) is 4.74. The van der Waals surface area contributed by atoms with E-state index in [0.29, 0.717) is 12.0 Å². The molecule has 178 valence electrons. The number of hydrogen-bond acceptors (Lipinski definition) is 6. The molecule has 4 rings (SSSR count). The molecule has 2 N–H and O–H groups in total. The van der Waals surface area contributed by atoms with Gasteiger partial charge in [0, 0.05) is 44.5 Å². The van der Waals surface area contributed by atoms with Gasteiger partial charge >= 0.3 is 0 Å². The molecular weight excluding hydrogens is 410 g/mol. The average molecular weight is 450 g/mol. The highest BCUT2D eigenvalue weighted by atomic mass is 15.3. The van der Waals surface area contributed by atoms with E-state index in [1.807, 2.05) is 38.0 Å². The largest absolute Gasteiger partial charge is 0.362 e. The molecular formula is C26H39N7. The number of fused-ring (bicyclic) bond motifs is 1. The second-order valence-corrected chi connectivity index (χ2v) is 10.7. The van der Waals surface area contributed by atoms with Crippen LogP contribution in [0.2, 0.25) is 0 Å². The van der Waals surface area contributed by atoms with E-state index >= 15 is 0 Å². The minimum absolute atomic E-state index is 0.0868. The molecule has 1 aliphatic rings.